The molecule has 1 aliphatic carbocycles. The Morgan fingerprint density at radius 3 is 2.83 bits per heavy atom. The molecule has 2 aliphatic rings. The number of hydrogen-bond donors (Lipinski definition) is 0. The molecule has 4 heterocycles. The minimum Gasteiger partial charge on any atom is -0.420 e. The molecule has 1 unspecified atom stereocenters. The van der Waals surface area contributed by atoms with Crippen molar-refractivity contribution < 1.29 is 13.2 Å². The minimum atomic E-state index is -0.442. The summed E-state index contributed by atoms with van der Waals surface area (Å²) in [5, 5.41) is 12.6. The second kappa shape index (κ2) is 6.58. The highest BCUT2D eigenvalue weighted by molar-refractivity contribution is 5.72. The summed E-state index contributed by atoms with van der Waals surface area (Å²) in [6.07, 6.45) is 7.21. The van der Waals surface area contributed by atoms with Gasteiger partial charge in [0.25, 0.3) is 5.89 Å². The van der Waals surface area contributed by atoms with Gasteiger partial charge in [0.05, 0.1) is 12.2 Å². The van der Waals surface area contributed by atoms with Gasteiger partial charge in [-0.1, -0.05) is 0 Å². The van der Waals surface area contributed by atoms with E-state index in [0.29, 0.717) is 46.8 Å². The van der Waals surface area contributed by atoms with Gasteiger partial charge in [0, 0.05) is 24.2 Å². The Bertz CT molecular complexity index is 1250. The van der Waals surface area contributed by atoms with Gasteiger partial charge in [0.1, 0.15) is 23.0 Å². The van der Waals surface area contributed by atoms with E-state index in [2.05, 4.69) is 15.3 Å². The van der Waals surface area contributed by atoms with E-state index in [1.54, 1.807) is 16.9 Å². The van der Waals surface area contributed by atoms with Gasteiger partial charge in [0.15, 0.2) is 5.65 Å². The van der Waals surface area contributed by atoms with E-state index in [1.165, 1.54) is 12.1 Å². The van der Waals surface area contributed by atoms with E-state index in [4.69, 9.17) is 9.40 Å². The molecule has 1 saturated heterocycles. The molecule has 0 N–H and O–H groups in total. The third kappa shape index (κ3) is 2.84. The van der Waals surface area contributed by atoms with Gasteiger partial charge in [-0.2, -0.15) is 5.10 Å². The van der Waals surface area contributed by atoms with E-state index in [9.17, 15) is 8.78 Å². The summed E-state index contributed by atoms with van der Waals surface area (Å²) in [5.41, 5.74) is 1.60. The number of anilines is 1. The van der Waals surface area contributed by atoms with Gasteiger partial charge in [-0.3, -0.25) is 0 Å². The predicted molar refractivity (Wildman–Crippen MR) is 104 cm³/mol. The average Bonchev–Trinajstić information content (AvgIpc) is 3.16. The molecule has 1 aliphatic heterocycles. The van der Waals surface area contributed by atoms with E-state index in [-0.39, 0.29) is 6.04 Å². The van der Waals surface area contributed by atoms with Gasteiger partial charge in [0.2, 0.25) is 5.89 Å². The van der Waals surface area contributed by atoms with Crippen LogP contribution in [0.15, 0.2) is 41.1 Å². The van der Waals surface area contributed by atoms with E-state index >= 15 is 0 Å². The first-order valence-electron chi connectivity index (χ1n) is 10.1. The molecular formula is C21H18F2N6O. The quantitative estimate of drug-likeness (QED) is 0.502. The molecule has 9 heteroatoms. The molecule has 4 aromatic rings. The maximum atomic E-state index is 14.4. The van der Waals surface area contributed by atoms with Crippen molar-refractivity contribution in [3.05, 3.63) is 59.7 Å². The molecule has 3 aromatic heterocycles. The highest BCUT2D eigenvalue weighted by Crippen LogP contribution is 2.40. The Morgan fingerprint density at radius 1 is 1.07 bits per heavy atom. The third-order valence-corrected chi connectivity index (χ3v) is 5.82. The fraction of sp³-hybridized carbons (Fsp3) is 0.333. The summed E-state index contributed by atoms with van der Waals surface area (Å²) in [6.45, 7) is 0.708. The van der Waals surface area contributed by atoms with Gasteiger partial charge < -0.3 is 9.32 Å². The Balaban J connectivity index is 1.39. The molecule has 0 radical (unpaired) electrons. The monoisotopic (exact) mass is 408 g/mol. The molecule has 152 valence electrons. The zero-order valence-corrected chi connectivity index (χ0v) is 16.0. The van der Waals surface area contributed by atoms with Crippen LogP contribution in [0.2, 0.25) is 0 Å². The first kappa shape index (κ1) is 17.5. The second-order valence-electron chi connectivity index (χ2n) is 7.85. The topological polar surface area (TPSA) is 72.3 Å². The number of halogens is 2. The maximum absolute atomic E-state index is 14.4. The van der Waals surface area contributed by atoms with Crippen molar-refractivity contribution in [3.8, 4) is 11.5 Å². The molecule has 6 rings (SSSR count). The zero-order valence-electron chi connectivity index (χ0n) is 16.0. The van der Waals surface area contributed by atoms with Gasteiger partial charge in [-0.15, -0.1) is 10.2 Å². The van der Waals surface area contributed by atoms with Crippen LogP contribution in [-0.2, 0) is 0 Å². The molecular weight excluding hydrogens is 390 g/mol. The molecule has 0 bridgehead atoms. The lowest BCUT2D eigenvalue weighted by molar-refractivity contribution is 0.509. The Labute approximate surface area is 170 Å². The average molecular weight is 408 g/mol. The number of nitrogens with zero attached hydrogens (tertiary/aromatic N) is 6. The van der Waals surface area contributed by atoms with Crippen LogP contribution in [0.1, 0.15) is 49.1 Å². The lowest BCUT2D eigenvalue weighted by Crippen LogP contribution is -2.24. The molecule has 0 amide bonds. The molecule has 2 fully saturated rings. The first-order chi connectivity index (χ1) is 14.7. The summed E-state index contributed by atoms with van der Waals surface area (Å²) < 4.78 is 35.7. The summed E-state index contributed by atoms with van der Waals surface area (Å²) in [4.78, 5) is 6.79. The number of benzene rings is 1. The largest absolute Gasteiger partial charge is 0.420 e. The van der Waals surface area contributed by atoms with Crippen molar-refractivity contribution in [1.82, 2.24) is 24.8 Å². The number of hydrogen-bond acceptors (Lipinski definition) is 6. The number of fused-ring (bicyclic) bond motifs is 1. The van der Waals surface area contributed by atoms with Crippen LogP contribution in [0, 0.1) is 11.6 Å². The second-order valence-corrected chi connectivity index (χ2v) is 7.85. The lowest BCUT2D eigenvalue weighted by atomic mass is 10.0. The van der Waals surface area contributed by atoms with Crippen LogP contribution in [-0.4, -0.2) is 31.3 Å². The van der Waals surface area contributed by atoms with E-state index < -0.39 is 11.6 Å². The maximum Gasteiger partial charge on any atom is 0.253 e. The van der Waals surface area contributed by atoms with Crippen LogP contribution < -0.4 is 4.90 Å². The highest BCUT2D eigenvalue weighted by Gasteiger charge is 2.31. The van der Waals surface area contributed by atoms with Crippen LogP contribution in [0.3, 0.4) is 0 Å². The lowest BCUT2D eigenvalue weighted by Gasteiger charge is -2.26. The van der Waals surface area contributed by atoms with Crippen molar-refractivity contribution in [2.75, 3.05) is 11.4 Å². The highest BCUT2D eigenvalue weighted by atomic mass is 19.1. The van der Waals surface area contributed by atoms with Gasteiger partial charge >= 0.3 is 0 Å². The molecule has 1 saturated carbocycles. The Kier molecular flexibility index (Phi) is 3.84. The fourth-order valence-electron chi connectivity index (χ4n) is 4.14. The summed E-state index contributed by atoms with van der Waals surface area (Å²) >= 11 is 0. The van der Waals surface area contributed by atoms with E-state index in [0.717, 1.165) is 31.7 Å². The molecule has 1 aromatic carbocycles. The van der Waals surface area contributed by atoms with Crippen molar-refractivity contribution >= 4 is 11.5 Å². The van der Waals surface area contributed by atoms with Crippen molar-refractivity contribution in [1.29, 1.82) is 0 Å². The standard InChI is InChI=1S/C21H18F2N6O/c22-13-5-6-16(23)14(10-13)17-2-1-8-28(17)18-7-9-29-19(25-18)15(11-24-29)21-27-26-20(30-21)12-3-4-12/h5-7,9-12,17H,1-4,8H2. The molecule has 0 spiro atoms. The van der Waals surface area contributed by atoms with E-state index in [1.807, 2.05) is 11.0 Å². The van der Waals surface area contributed by atoms with Crippen LogP contribution in [0.5, 0.6) is 0 Å². The SMILES string of the molecule is Fc1ccc(F)c(C2CCCN2c2ccn3ncc(-c4nnc(C5CC5)o4)c3n2)c1. The van der Waals surface area contributed by atoms with Crippen molar-refractivity contribution in [3.63, 3.8) is 0 Å². The fourth-order valence-corrected chi connectivity index (χ4v) is 4.14. The smallest absolute Gasteiger partial charge is 0.253 e. The first-order valence-corrected chi connectivity index (χ1v) is 10.1. The normalized spacial score (nSPS) is 19.1. The van der Waals surface area contributed by atoms with Gasteiger partial charge in [-0.05, 0) is 49.9 Å². The minimum absolute atomic E-state index is 0.271. The Hall–Kier alpha value is -3.36. The van der Waals surface area contributed by atoms with Crippen molar-refractivity contribution in [2.45, 2.75) is 37.6 Å². The number of aromatic nitrogens is 5. The summed E-state index contributed by atoms with van der Waals surface area (Å²) in [5.74, 6) is 1.24. The van der Waals surface area contributed by atoms with Crippen LogP contribution >= 0.6 is 0 Å². The Morgan fingerprint density at radius 2 is 1.97 bits per heavy atom. The van der Waals surface area contributed by atoms with Crippen LogP contribution in [0.4, 0.5) is 14.6 Å². The molecule has 30 heavy (non-hydrogen) atoms. The van der Waals surface area contributed by atoms with Crippen molar-refractivity contribution in [2.24, 2.45) is 0 Å². The summed E-state index contributed by atoms with van der Waals surface area (Å²) in [6, 6.07) is 5.16. The summed E-state index contributed by atoms with van der Waals surface area (Å²) in [7, 11) is 0. The molecule has 1 atom stereocenters. The zero-order chi connectivity index (χ0) is 20.2. The van der Waals surface area contributed by atoms with Crippen LogP contribution in [0.25, 0.3) is 17.1 Å². The predicted octanol–water partition coefficient (Wildman–Crippen LogP) is 4.28. The van der Waals surface area contributed by atoms with Gasteiger partial charge in [-0.25, -0.2) is 18.3 Å². The number of rotatable bonds is 4. The molecule has 7 nitrogen and oxygen atoms in total. The third-order valence-electron chi connectivity index (χ3n) is 5.82.